The first-order valence-corrected chi connectivity index (χ1v) is 10.6. The van der Waals surface area contributed by atoms with E-state index in [4.69, 9.17) is 21.4 Å². The van der Waals surface area contributed by atoms with Crippen LogP contribution in [0.5, 0.6) is 0 Å². The van der Waals surface area contributed by atoms with Gasteiger partial charge in [-0.2, -0.15) is 0 Å². The Labute approximate surface area is 179 Å². The molecule has 0 bridgehead atoms. The highest BCUT2D eigenvalue weighted by Crippen LogP contribution is 2.26. The topological polar surface area (TPSA) is 125 Å². The highest BCUT2D eigenvalue weighted by Gasteiger charge is 2.22. The third-order valence-electron chi connectivity index (χ3n) is 3.88. The van der Waals surface area contributed by atoms with Gasteiger partial charge in [0.25, 0.3) is 5.91 Å². The number of aliphatic hydroxyl groups is 1. The van der Waals surface area contributed by atoms with Crippen molar-refractivity contribution >= 4 is 44.9 Å². The van der Waals surface area contributed by atoms with Gasteiger partial charge in [0, 0.05) is 32.0 Å². The van der Waals surface area contributed by atoms with E-state index in [9.17, 15) is 18.0 Å². The highest BCUT2D eigenvalue weighted by molar-refractivity contribution is 7.89. The van der Waals surface area contributed by atoms with Gasteiger partial charge in [-0.25, -0.2) is 17.5 Å². The maximum Gasteiger partial charge on any atom is 0.340 e. The average Bonchev–Trinajstić information content (AvgIpc) is 2.71. The predicted molar refractivity (Wildman–Crippen MR) is 113 cm³/mol. The molecule has 162 valence electrons. The standard InChI is InChI=1S/C19H22ClN3O6S/c1-23(2)30(27,28)17-11-13(7-8-15(17)20)22-18(25)12-29-19(26)14-5-3-4-6-16(14)21-9-10-24/h3-8,11,21,24H,9-10,12H2,1-2H3,(H,22,25). The number of carbonyl (C=O) groups is 2. The molecule has 0 aromatic heterocycles. The molecular weight excluding hydrogens is 434 g/mol. The number of nitrogens with zero attached hydrogens (tertiary/aromatic N) is 1. The largest absolute Gasteiger partial charge is 0.452 e. The molecule has 0 aliphatic carbocycles. The van der Waals surface area contributed by atoms with Crippen LogP contribution in [0, 0.1) is 0 Å². The lowest BCUT2D eigenvalue weighted by Crippen LogP contribution is -2.24. The van der Waals surface area contributed by atoms with Gasteiger partial charge in [0.15, 0.2) is 6.61 Å². The number of carbonyl (C=O) groups excluding carboxylic acids is 2. The molecule has 11 heteroatoms. The van der Waals surface area contributed by atoms with E-state index in [1.807, 2.05) is 0 Å². The molecule has 0 aliphatic heterocycles. The van der Waals surface area contributed by atoms with Crippen molar-refractivity contribution in [1.29, 1.82) is 0 Å². The van der Waals surface area contributed by atoms with Gasteiger partial charge in [-0.05, 0) is 30.3 Å². The monoisotopic (exact) mass is 455 g/mol. The maximum absolute atomic E-state index is 12.3. The fourth-order valence-corrected chi connectivity index (χ4v) is 3.78. The van der Waals surface area contributed by atoms with Gasteiger partial charge < -0.3 is 20.5 Å². The molecule has 0 aliphatic rings. The van der Waals surface area contributed by atoms with Crippen molar-refractivity contribution in [3.63, 3.8) is 0 Å². The van der Waals surface area contributed by atoms with Crippen LogP contribution in [0.25, 0.3) is 0 Å². The Balaban J connectivity index is 2.05. The summed E-state index contributed by atoms with van der Waals surface area (Å²) in [4.78, 5) is 24.3. The molecule has 2 aromatic carbocycles. The molecule has 2 aromatic rings. The summed E-state index contributed by atoms with van der Waals surface area (Å²) in [6.07, 6.45) is 0. The third kappa shape index (κ3) is 5.92. The molecule has 0 heterocycles. The number of benzene rings is 2. The second-order valence-electron chi connectivity index (χ2n) is 6.25. The smallest absolute Gasteiger partial charge is 0.340 e. The second kappa shape index (κ2) is 10.4. The number of anilines is 2. The van der Waals surface area contributed by atoms with Crippen molar-refractivity contribution in [1.82, 2.24) is 4.31 Å². The van der Waals surface area contributed by atoms with E-state index < -0.39 is 28.5 Å². The predicted octanol–water partition coefficient (Wildman–Crippen LogP) is 1.79. The van der Waals surface area contributed by atoms with Crippen LogP contribution >= 0.6 is 11.6 Å². The first-order chi connectivity index (χ1) is 14.2. The van der Waals surface area contributed by atoms with Crippen molar-refractivity contribution in [2.45, 2.75) is 4.90 Å². The normalized spacial score (nSPS) is 11.2. The number of hydrogen-bond donors (Lipinski definition) is 3. The number of hydrogen-bond acceptors (Lipinski definition) is 7. The van der Waals surface area contributed by atoms with Gasteiger partial charge in [0.05, 0.1) is 17.2 Å². The van der Waals surface area contributed by atoms with Crippen LogP contribution in [0.4, 0.5) is 11.4 Å². The van der Waals surface area contributed by atoms with Crippen LogP contribution in [-0.2, 0) is 19.6 Å². The summed E-state index contributed by atoms with van der Waals surface area (Å²) in [6.45, 7) is -0.441. The molecule has 0 spiro atoms. The number of esters is 1. The molecular formula is C19H22ClN3O6S. The first-order valence-electron chi connectivity index (χ1n) is 8.79. The summed E-state index contributed by atoms with van der Waals surface area (Å²) in [5.74, 6) is -1.38. The molecule has 2 rings (SSSR count). The van der Waals surface area contributed by atoms with Crippen LogP contribution in [0.15, 0.2) is 47.4 Å². The molecule has 0 saturated carbocycles. The van der Waals surface area contributed by atoms with E-state index in [-0.39, 0.29) is 34.3 Å². The number of sulfonamides is 1. The SMILES string of the molecule is CN(C)S(=O)(=O)c1cc(NC(=O)COC(=O)c2ccccc2NCCO)ccc1Cl. The fourth-order valence-electron chi connectivity index (χ4n) is 2.39. The summed E-state index contributed by atoms with van der Waals surface area (Å²) < 4.78 is 30.7. The number of para-hydroxylation sites is 1. The number of rotatable bonds is 9. The number of amides is 1. The molecule has 0 saturated heterocycles. The molecule has 0 fully saturated rings. The highest BCUT2D eigenvalue weighted by atomic mass is 35.5. The lowest BCUT2D eigenvalue weighted by molar-refractivity contribution is -0.119. The summed E-state index contributed by atoms with van der Waals surface area (Å²) in [5.41, 5.74) is 0.865. The Morgan fingerprint density at radius 2 is 1.87 bits per heavy atom. The lowest BCUT2D eigenvalue weighted by atomic mass is 10.2. The maximum atomic E-state index is 12.3. The Morgan fingerprint density at radius 1 is 1.17 bits per heavy atom. The molecule has 3 N–H and O–H groups in total. The van der Waals surface area contributed by atoms with Crippen molar-refractivity contribution in [2.24, 2.45) is 0 Å². The third-order valence-corrected chi connectivity index (χ3v) is 6.18. The van der Waals surface area contributed by atoms with E-state index in [1.165, 1.54) is 38.4 Å². The molecule has 30 heavy (non-hydrogen) atoms. The van der Waals surface area contributed by atoms with Crippen molar-refractivity contribution in [3.05, 3.63) is 53.1 Å². The van der Waals surface area contributed by atoms with Crippen LogP contribution in [0.3, 0.4) is 0 Å². The van der Waals surface area contributed by atoms with Crippen LogP contribution in [-0.4, -0.2) is 63.6 Å². The summed E-state index contributed by atoms with van der Waals surface area (Å²) >= 11 is 5.97. The van der Waals surface area contributed by atoms with E-state index in [0.717, 1.165) is 4.31 Å². The van der Waals surface area contributed by atoms with Crippen molar-refractivity contribution in [3.8, 4) is 0 Å². The van der Waals surface area contributed by atoms with Crippen molar-refractivity contribution < 1.29 is 27.9 Å². The van der Waals surface area contributed by atoms with Crippen LogP contribution in [0.1, 0.15) is 10.4 Å². The van der Waals surface area contributed by atoms with E-state index in [0.29, 0.717) is 5.69 Å². The average molecular weight is 456 g/mol. The first kappa shape index (κ1) is 23.6. The lowest BCUT2D eigenvalue weighted by Gasteiger charge is -2.14. The zero-order valence-corrected chi connectivity index (χ0v) is 18.0. The van der Waals surface area contributed by atoms with Crippen LogP contribution in [0.2, 0.25) is 5.02 Å². The molecule has 1 amide bonds. The minimum Gasteiger partial charge on any atom is -0.452 e. The van der Waals surface area contributed by atoms with Gasteiger partial charge in [0.2, 0.25) is 10.0 Å². The Kier molecular flexibility index (Phi) is 8.18. The number of aliphatic hydroxyl groups excluding tert-OH is 1. The van der Waals surface area contributed by atoms with Gasteiger partial charge >= 0.3 is 5.97 Å². The Morgan fingerprint density at radius 3 is 2.53 bits per heavy atom. The quantitative estimate of drug-likeness (QED) is 0.492. The molecule has 0 atom stereocenters. The van der Waals surface area contributed by atoms with Crippen molar-refractivity contribution in [2.75, 3.05) is 44.5 Å². The van der Waals surface area contributed by atoms with Crippen LogP contribution < -0.4 is 10.6 Å². The summed E-state index contributed by atoms with van der Waals surface area (Å²) in [5, 5.41) is 14.3. The number of ether oxygens (including phenoxy) is 1. The Bertz CT molecular complexity index is 1030. The van der Waals surface area contributed by atoms with Gasteiger partial charge in [-0.1, -0.05) is 23.7 Å². The van der Waals surface area contributed by atoms with E-state index in [2.05, 4.69) is 10.6 Å². The second-order valence-corrected chi connectivity index (χ2v) is 8.78. The molecule has 9 nitrogen and oxygen atoms in total. The van der Waals surface area contributed by atoms with E-state index in [1.54, 1.807) is 18.2 Å². The van der Waals surface area contributed by atoms with E-state index >= 15 is 0 Å². The minimum atomic E-state index is -3.80. The minimum absolute atomic E-state index is 0.0140. The zero-order chi connectivity index (χ0) is 22.3. The molecule has 0 unspecified atom stereocenters. The van der Waals surface area contributed by atoms with Gasteiger partial charge in [0.1, 0.15) is 4.90 Å². The zero-order valence-electron chi connectivity index (χ0n) is 16.4. The fraction of sp³-hybridized carbons (Fsp3) is 0.263. The Hall–Kier alpha value is -2.66. The number of halogens is 1. The van der Waals surface area contributed by atoms with Gasteiger partial charge in [-0.15, -0.1) is 0 Å². The molecule has 0 radical (unpaired) electrons. The summed E-state index contributed by atoms with van der Waals surface area (Å²) in [6, 6.07) is 10.5. The summed E-state index contributed by atoms with van der Waals surface area (Å²) in [7, 11) is -1.07. The van der Waals surface area contributed by atoms with Gasteiger partial charge in [-0.3, -0.25) is 4.79 Å². The number of nitrogens with one attached hydrogen (secondary N) is 2.